The van der Waals surface area contributed by atoms with Crippen molar-refractivity contribution in [1.82, 2.24) is 10.4 Å². The average Bonchev–Trinajstić information content (AvgIpc) is 3.63. The van der Waals surface area contributed by atoms with Crippen molar-refractivity contribution in [2.45, 2.75) is 74.1 Å². The Morgan fingerprint density at radius 1 is 1.12 bits per heavy atom. The van der Waals surface area contributed by atoms with Gasteiger partial charge in [0.05, 0.1) is 26.4 Å². The van der Waals surface area contributed by atoms with Gasteiger partial charge in [-0.2, -0.15) is 5.06 Å². The smallest absolute Gasteiger partial charge is 0.327 e. The van der Waals surface area contributed by atoms with Gasteiger partial charge in [-0.05, 0) is 11.1 Å². The Hall–Kier alpha value is -2.54. The van der Waals surface area contributed by atoms with Crippen molar-refractivity contribution in [3.63, 3.8) is 0 Å². The molecule has 1 saturated carbocycles. The normalized spacial score (nSPS) is 40.4. The van der Waals surface area contributed by atoms with Crippen molar-refractivity contribution >= 4 is 18.0 Å². The highest BCUT2D eigenvalue weighted by atomic mass is 16.8. The van der Waals surface area contributed by atoms with Crippen LogP contribution in [0.5, 0.6) is 0 Å². The summed E-state index contributed by atoms with van der Waals surface area (Å²) in [4.78, 5) is 33.4. The van der Waals surface area contributed by atoms with Gasteiger partial charge in [-0.15, -0.1) is 0 Å². The molecule has 1 aromatic carbocycles. The zero-order chi connectivity index (χ0) is 30.3. The molecule has 15 heteroatoms. The van der Waals surface area contributed by atoms with E-state index in [9.17, 15) is 35.1 Å². The van der Waals surface area contributed by atoms with Crippen LogP contribution < -0.4 is 5.32 Å². The molecule has 11 atom stereocenters. The SMILES string of the molecule is O=C1O[C@@H]2C[C@@]3(C(=O)NCCO)[C@H](ON(Cc4ccccc4C=CCO[C@H]4O[C@H](CO)[C@H](O)[C@H](O)[C@H]4O)[C@@H]13)[C@H]1OCO[C@H]12. The van der Waals surface area contributed by atoms with Crippen LogP contribution in [0.15, 0.2) is 30.3 Å². The molecule has 0 spiro atoms. The second-order valence-electron chi connectivity index (χ2n) is 11.2. The summed E-state index contributed by atoms with van der Waals surface area (Å²) in [6.07, 6.45) is -5.97. The van der Waals surface area contributed by atoms with E-state index < -0.39 is 85.1 Å². The molecule has 5 aliphatic rings. The number of carbonyl (C=O) groups excluding carboxylic acids is 2. The molecule has 6 rings (SSSR count). The monoisotopic (exact) mass is 608 g/mol. The minimum atomic E-state index is -1.54. The van der Waals surface area contributed by atoms with Gasteiger partial charge in [0, 0.05) is 13.0 Å². The van der Waals surface area contributed by atoms with Crippen molar-refractivity contribution in [2.75, 3.05) is 33.2 Å². The summed E-state index contributed by atoms with van der Waals surface area (Å²) in [5.74, 6) is -1.03. The molecule has 4 aliphatic heterocycles. The van der Waals surface area contributed by atoms with E-state index in [0.717, 1.165) is 11.1 Å². The molecule has 2 bridgehead atoms. The van der Waals surface area contributed by atoms with Crippen molar-refractivity contribution in [3.05, 3.63) is 41.5 Å². The van der Waals surface area contributed by atoms with Crippen LogP contribution in [0.2, 0.25) is 0 Å². The van der Waals surface area contributed by atoms with Crippen LogP contribution in [-0.2, 0) is 44.7 Å². The maximum absolute atomic E-state index is 13.6. The molecule has 43 heavy (non-hydrogen) atoms. The maximum atomic E-state index is 13.6. The fourth-order valence-corrected chi connectivity index (χ4v) is 6.71. The topological polar surface area (TPSA) is 206 Å². The molecule has 0 radical (unpaired) electrons. The van der Waals surface area contributed by atoms with Crippen LogP contribution in [0, 0.1) is 5.41 Å². The quantitative estimate of drug-likeness (QED) is 0.148. The summed E-state index contributed by atoms with van der Waals surface area (Å²) in [7, 11) is 0. The van der Waals surface area contributed by atoms with Gasteiger partial charge in [-0.1, -0.05) is 36.4 Å². The number of fused-ring (bicyclic) bond motifs is 4. The molecule has 4 heterocycles. The van der Waals surface area contributed by atoms with Gasteiger partial charge in [-0.3, -0.25) is 14.4 Å². The van der Waals surface area contributed by atoms with Crippen LogP contribution in [0.1, 0.15) is 17.5 Å². The first-order valence-electron chi connectivity index (χ1n) is 14.2. The van der Waals surface area contributed by atoms with Crippen molar-refractivity contribution in [1.29, 1.82) is 0 Å². The number of aliphatic hydroxyl groups excluding tert-OH is 5. The number of benzene rings is 1. The number of aliphatic hydroxyl groups is 5. The van der Waals surface area contributed by atoms with E-state index in [-0.39, 0.29) is 39.5 Å². The fraction of sp³-hybridized carbons (Fsp3) is 0.643. The van der Waals surface area contributed by atoms with Crippen LogP contribution in [0.3, 0.4) is 0 Å². The van der Waals surface area contributed by atoms with E-state index in [1.807, 2.05) is 24.3 Å². The van der Waals surface area contributed by atoms with E-state index in [4.69, 9.17) is 28.5 Å². The minimum Gasteiger partial charge on any atom is -0.458 e. The first-order valence-corrected chi connectivity index (χ1v) is 14.2. The standard InChI is InChI=1S/C28H36N2O13/c31-8-7-29-27(37)28-10-16-21-22(40-13-39-21)24(28)43-30(23(28)25(36)41-16)11-15-5-2-1-4-14(15)6-3-9-38-26-20(35)19(34)18(33)17(12-32)42-26/h1-6,16-24,26,31-35H,7-13H2,(H,29,37)/t16-,17-,18+,19+,20-,21+,22+,23+,24-,26+,28+/m1/s1. The lowest BCUT2D eigenvalue weighted by molar-refractivity contribution is -0.298. The predicted molar refractivity (Wildman–Crippen MR) is 141 cm³/mol. The largest absolute Gasteiger partial charge is 0.458 e. The van der Waals surface area contributed by atoms with Crippen LogP contribution in [0.25, 0.3) is 6.08 Å². The molecule has 1 aromatic rings. The number of carbonyl (C=O) groups is 2. The Balaban J connectivity index is 1.19. The van der Waals surface area contributed by atoms with E-state index in [2.05, 4.69) is 5.32 Å². The number of nitrogens with one attached hydrogen (secondary N) is 1. The van der Waals surface area contributed by atoms with Gasteiger partial charge in [0.25, 0.3) is 0 Å². The maximum Gasteiger partial charge on any atom is 0.327 e. The van der Waals surface area contributed by atoms with Gasteiger partial charge in [0.1, 0.15) is 61.0 Å². The third-order valence-electron chi connectivity index (χ3n) is 8.78. The van der Waals surface area contributed by atoms with E-state index in [1.54, 1.807) is 12.2 Å². The van der Waals surface area contributed by atoms with Crippen LogP contribution in [-0.4, -0.2) is 137 Å². The molecule has 6 N–H and O–H groups in total. The van der Waals surface area contributed by atoms with Gasteiger partial charge < -0.3 is 54.5 Å². The third-order valence-corrected chi connectivity index (χ3v) is 8.78. The molecule has 5 fully saturated rings. The van der Waals surface area contributed by atoms with E-state index in [0.29, 0.717) is 0 Å². The second kappa shape index (κ2) is 12.5. The molecular weight excluding hydrogens is 572 g/mol. The lowest BCUT2D eigenvalue weighted by atomic mass is 9.62. The average molecular weight is 609 g/mol. The molecule has 0 aromatic heterocycles. The number of hydrogen-bond acceptors (Lipinski definition) is 14. The zero-order valence-corrected chi connectivity index (χ0v) is 23.1. The summed E-state index contributed by atoms with van der Waals surface area (Å²) in [6, 6.07) is 6.26. The Labute approximate surface area is 246 Å². The number of amides is 1. The Morgan fingerprint density at radius 2 is 1.91 bits per heavy atom. The number of rotatable bonds is 10. The van der Waals surface area contributed by atoms with E-state index in [1.165, 1.54) is 5.06 Å². The number of hydrogen-bond donors (Lipinski definition) is 6. The van der Waals surface area contributed by atoms with Gasteiger partial charge in [0.15, 0.2) is 12.3 Å². The Kier molecular flexibility index (Phi) is 8.83. The third kappa shape index (κ3) is 5.27. The highest BCUT2D eigenvalue weighted by Crippen LogP contribution is 2.55. The summed E-state index contributed by atoms with van der Waals surface area (Å²) in [5.41, 5.74) is 0.192. The van der Waals surface area contributed by atoms with Crippen LogP contribution in [0.4, 0.5) is 0 Å². The first kappa shape index (κ1) is 30.5. The molecule has 0 unspecified atom stereocenters. The summed E-state index contributed by atoms with van der Waals surface area (Å²) in [6.45, 7) is -0.744. The lowest BCUT2D eigenvalue weighted by Gasteiger charge is -2.48. The van der Waals surface area contributed by atoms with Crippen molar-refractivity contribution < 1.29 is 63.6 Å². The molecule has 236 valence electrons. The molecule has 4 saturated heterocycles. The number of hydroxylamine groups is 2. The second-order valence-corrected chi connectivity index (χ2v) is 11.2. The number of nitrogens with zero attached hydrogens (tertiary/aromatic N) is 1. The molecular formula is C28H36N2O13. The highest BCUT2D eigenvalue weighted by molar-refractivity contribution is 5.93. The minimum absolute atomic E-state index is 0.0128. The predicted octanol–water partition coefficient (Wildman–Crippen LogP) is -2.83. The first-order chi connectivity index (χ1) is 20.8. The lowest BCUT2D eigenvalue weighted by Crippen LogP contribution is -2.69. The molecule has 1 amide bonds. The van der Waals surface area contributed by atoms with Gasteiger partial charge in [-0.25, -0.2) is 0 Å². The van der Waals surface area contributed by atoms with E-state index >= 15 is 0 Å². The van der Waals surface area contributed by atoms with Crippen molar-refractivity contribution in [2.24, 2.45) is 5.41 Å². The molecule has 15 nitrogen and oxygen atoms in total. The summed E-state index contributed by atoms with van der Waals surface area (Å²) in [5, 5.41) is 53.0. The highest BCUT2D eigenvalue weighted by Gasteiger charge is 2.74. The summed E-state index contributed by atoms with van der Waals surface area (Å²) < 4.78 is 28.2. The zero-order valence-electron chi connectivity index (χ0n) is 23.1. The Morgan fingerprint density at radius 3 is 2.70 bits per heavy atom. The number of esters is 1. The number of ether oxygens (including phenoxy) is 5. The van der Waals surface area contributed by atoms with Gasteiger partial charge in [0.2, 0.25) is 5.91 Å². The fourth-order valence-electron chi connectivity index (χ4n) is 6.71. The summed E-state index contributed by atoms with van der Waals surface area (Å²) >= 11 is 0. The van der Waals surface area contributed by atoms with Crippen molar-refractivity contribution in [3.8, 4) is 0 Å². The molecule has 1 aliphatic carbocycles. The van der Waals surface area contributed by atoms with Gasteiger partial charge >= 0.3 is 5.97 Å². The van der Waals surface area contributed by atoms with Crippen LogP contribution >= 0.6 is 0 Å². The Bertz CT molecular complexity index is 1210.